The standard InChI is InChI=1S/C22H18Cl2F7N3O/c1-2-18(35)33-10-12-4-3-5-13(6-12)14(9-32)11-34-19-16(23)7-15(8-17(19)24)20(25,21(26,27)28)22(29,30)31/h3-9,11H,2,10,32H2,1H3,(H,33,35). The fraction of sp³-hybridized carbons (Fsp3) is 0.273. The summed E-state index contributed by atoms with van der Waals surface area (Å²) >= 11 is 11.7. The largest absolute Gasteiger partial charge is 0.435 e. The summed E-state index contributed by atoms with van der Waals surface area (Å²) in [7, 11) is 0. The summed E-state index contributed by atoms with van der Waals surface area (Å²) in [4.78, 5) is 15.4. The van der Waals surface area contributed by atoms with Crippen molar-refractivity contribution in [1.29, 1.82) is 0 Å². The zero-order chi connectivity index (χ0) is 26.6. The van der Waals surface area contributed by atoms with Crippen molar-refractivity contribution in [2.24, 2.45) is 10.7 Å². The molecular formula is C22H18Cl2F7N3O. The SMILES string of the molecule is CCC(=O)NCc1cccc(C(C=Nc2c(Cl)cc(C(F)(C(F)(F)F)C(F)(F)F)cc2Cl)=CN)c1. The Kier molecular flexibility index (Phi) is 8.83. The highest BCUT2D eigenvalue weighted by Crippen LogP contribution is 2.54. The number of hydrogen-bond acceptors (Lipinski definition) is 3. The van der Waals surface area contributed by atoms with Crippen LogP contribution < -0.4 is 11.1 Å². The van der Waals surface area contributed by atoms with E-state index in [-0.39, 0.29) is 30.2 Å². The number of carbonyl (C=O) groups excluding carboxylic acids is 1. The van der Waals surface area contributed by atoms with Gasteiger partial charge in [0, 0.05) is 36.5 Å². The second kappa shape index (κ2) is 10.9. The number of allylic oxidation sites excluding steroid dienone is 1. The van der Waals surface area contributed by atoms with Gasteiger partial charge < -0.3 is 11.1 Å². The molecule has 2 aromatic carbocycles. The van der Waals surface area contributed by atoms with E-state index in [1.807, 2.05) is 0 Å². The second-order valence-electron chi connectivity index (χ2n) is 7.15. The molecule has 0 atom stereocenters. The molecule has 190 valence electrons. The van der Waals surface area contributed by atoms with Crippen molar-refractivity contribution < 1.29 is 35.5 Å². The summed E-state index contributed by atoms with van der Waals surface area (Å²) in [5.74, 6) is -0.160. The van der Waals surface area contributed by atoms with E-state index in [4.69, 9.17) is 28.9 Å². The van der Waals surface area contributed by atoms with Crippen molar-refractivity contribution in [3.05, 3.63) is 69.3 Å². The highest BCUT2D eigenvalue weighted by Gasteiger charge is 2.73. The van der Waals surface area contributed by atoms with Crippen LogP contribution in [0.25, 0.3) is 5.57 Å². The van der Waals surface area contributed by atoms with Gasteiger partial charge in [0.1, 0.15) is 5.69 Å². The number of aliphatic imine (C=N–C) groups is 1. The first kappa shape index (κ1) is 28.4. The van der Waals surface area contributed by atoms with Gasteiger partial charge in [0.15, 0.2) is 0 Å². The van der Waals surface area contributed by atoms with Crippen LogP contribution >= 0.6 is 23.2 Å². The number of halogens is 9. The minimum Gasteiger partial charge on any atom is -0.404 e. The second-order valence-corrected chi connectivity index (χ2v) is 7.97. The summed E-state index contributed by atoms with van der Waals surface area (Å²) in [6, 6.07) is 7.07. The maximum absolute atomic E-state index is 14.3. The van der Waals surface area contributed by atoms with E-state index in [9.17, 15) is 35.5 Å². The smallest absolute Gasteiger partial charge is 0.404 e. The number of rotatable bonds is 7. The van der Waals surface area contributed by atoms with Crippen LogP contribution in [0.3, 0.4) is 0 Å². The van der Waals surface area contributed by atoms with Gasteiger partial charge in [-0.15, -0.1) is 0 Å². The van der Waals surface area contributed by atoms with Crippen molar-refractivity contribution in [3.8, 4) is 0 Å². The van der Waals surface area contributed by atoms with E-state index < -0.39 is 39.3 Å². The fourth-order valence-corrected chi connectivity index (χ4v) is 3.49. The predicted octanol–water partition coefficient (Wildman–Crippen LogP) is 7.01. The fourth-order valence-electron chi connectivity index (χ4n) is 2.91. The average molecular weight is 544 g/mol. The van der Waals surface area contributed by atoms with Gasteiger partial charge in [-0.1, -0.05) is 48.3 Å². The lowest BCUT2D eigenvalue weighted by atomic mass is 9.94. The number of nitrogens with one attached hydrogen (secondary N) is 1. The average Bonchev–Trinajstić information content (AvgIpc) is 2.77. The molecule has 1 amide bonds. The molecule has 0 bridgehead atoms. The molecule has 13 heteroatoms. The lowest BCUT2D eigenvalue weighted by molar-refractivity contribution is -0.348. The van der Waals surface area contributed by atoms with Gasteiger partial charge in [-0.2, -0.15) is 26.3 Å². The van der Waals surface area contributed by atoms with Crippen molar-refractivity contribution in [3.63, 3.8) is 0 Å². The van der Waals surface area contributed by atoms with Crippen LogP contribution in [-0.2, 0) is 17.0 Å². The molecule has 0 aliphatic carbocycles. The Hall–Kier alpha value is -2.79. The summed E-state index contributed by atoms with van der Waals surface area (Å²) in [6.45, 7) is 1.93. The van der Waals surface area contributed by atoms with Crippen molar-refractivity contribution >= 4 is 46.6 Å². The first-order chi connectivity index (χ1) is 16.2. The molecule has 2 rings (SSSR count). The molecule has 4 nitrogen and oxygen atoms in total. The number of nitrogens with two attached hydrogens (primary N) is 1. The summed E-state index contributed by atoms with van der Waals surface area (Å²) < 4.78 is 92.5. The predicted molar refractivity (Wildman–Crippen MR) is 120 cm³/mol. The maximum atomic E-state index is 14.3. The van der Waals surface area contributed by atoms with Crippen LogP contribution in [0.2, 0.25) is 10.0 Å². The Bertz CT molecular complexity index is 1110. The molecule has 0 unspecified atom stereocenters. The van der Waals surface area contributed by atoms with E-state index in [1.165, 1.54) is 0 Å². The Morgan fingerprint density at radius 2 is 1.60 bits per heavy atom. The van der Waals surface area contributed by atoms with E-state index in [2.05, 4.69) is 10.3 Å². The first-order valence-electron chi connectivity index (χ1n) is 9.79. The molecule has 0 heterocycles. The minimum atomic E-state index is -6.32. The maximum Gasteiger partial charge on any atom is 0.435 e. The Labute approximate surface area is 205 Å². The quantitative estimate of drug-likeness (QED) is 0.291. The molecule has 2 aromatic rings. The normalized spacial score (nSPS) is 13.4. The number of hydrogen-bond donors (Lipinski definition) is 2. The van der Waals surface area contributed by atoms with E-state index in [0.29, 0.717) is 12.0 Å². The number of carbonyl (C=O) groups is 1. The summed E-state index contributed by atoms with van der Waals surface area (Å²) in [6.07, 6.45) is -10.1. The molecule has 0 saturated carbocycles. The minimum absolute atomic E-state index is 0.160. The van der Waals surface area contributed by atoms with Crippen molar-refractivity contribution in [2.45, 2.75) is 37.9 Å². The van der Waals surface area contributed by atoms with Gasteiger partial charge in [-0.3, -0.25) is 9.79 Å². The van der Waals surface area contributed by atoms with Gasteiger partial charge in [-0.25, -0.2) is 4.39 Å². The highest BCUT2D eigenvalue weighted by atomic mass is 35.5. The van der Waals surface area contributed by atoms with Crippen LogP contribution in [0, 0.1) is 0 Å². The summed E-state index contributed by atoms with van der Waals surface area (Å²) in [5.41, 5.74) is -0.753. The number of amides is 1. The zero-order valence-corrected chi connectivity index (χ0v) is 19.4. The molecule has 0 radical (unpaired) electrons. The van der Waals surface area contributed by atoms with Gasteiger partial charge in [-0.05, 0) is 29.3 Å². The molecule has 0 fully saturated rings. The molecule has 0 aromatic heterocycles. The number of benzene rings is 2. The van der Waals surface area contributed by atoms with E-state index >= 15 is 0 Å². The van der Waals surface area contributed by atoms with Gasteiger partial charge >= 0.3 is 18.0 Å². The zero-order valence-electron chi connectivity index (χ0n) is 17.9. The lowest BCUT2D eigenvalue weighted by Gasteiger charge is -2.30. The molecular weight excluding hydrogens is 526 g/mol. The number of nitrogens with zero attached hydrogens (tertiary/aromatic N) is 1. The van der Waals surface area contributed by atoms with Crippen LogP contribution in [0.5, 0.6) is 0 Å². The molecule has 0 saturated heterocycles. The molecule has 0 aliphatic heterocycles. The third-order valence-corrected chi connectivity index (χ3v) is 5.36. The Morgan fingerprint density at radius 1 is 1.03 bits per heavy atom. The van der Waals surface area contributed by atoms with Gasteiger partial charge in [0.25, 0.3) is 0 Å². The third kappa shape index (κ3) is 6.26. The van der Waals surface area contributed by atoms with Crippen molar-refractivity contribution in [1.82, 2.24) is 5.32 Å². The lowest BCUT2D eigenvalue weighted by Crippen LogP contribution is -2.50. The third-order valence-electron chi connectivity index (χ3n) is 4.78. The summed E-state index contributed by atoms with van der Waals surface area (Å²) in [5, 5.41) is 1.21. The van der Waals surface area contributed by atoms with Gasteiger partial charge in [0.05, 0.1) is 10.0 Å². The highest BCUT2D eigenvalue weighted by molar-refractivity contribution is 6.39. The molecule has 3 N–H and O–H groups in total. The first-order valence-corrected chi connectivity index (χ1v) is 10.5. The van der Waals surface area contributed by atoms with Crippen molar-refractivity contribution in [2.75, 3.05) is 0 Å². The molecule has 35 heavy (non-hydrogen) atoms. The Balaban J connectivity index is 2.41. The van der Waals surface area contributed by atoms with Crippen LogP contribution in [0.1, 0.15) is 30.0 Å². The molecule has 0 aliphatic rings. The van der Waals surface area contributed by atoms with Crippen LogP contribution in [0.4, 0.5) is 36.4 Å². The van der Waals surface area contributed by atoms with Gasteiger partial charge in [0.2, 0.25) is 5.91 Å². The van der Waals surface area contributed by atoms with Crippen LogP contribution in [-0.4, -0.2) is 24.5 Å². The Morgan fingerprint density at radius 3 is 2.09 bits per heavy atom. The number of alkyl halides is 7. The van der Waals surface area contributed by atoms with E-state index in [1.54, 1.807) is 31.2 Å². The molecule has 0 spiro atoms. The van der Waals surface area contributed by atoms with E-state index in [0.717, 1.165) is 18.0 Å². The topological polar surface area (TPSA) is 67.5 Å². The van der Waals surface area contributed by atoms with Crippen LogP contribution in [0.15, 0.2) is 47.6 Å². The monoisotopic (exact) mass is 543 g/mol.